The highest BCUT2D eigenvalue weighted by Gasteiger charge is 2.29. The van der Waals surface area contributed by atoms with E-state index in [4.69, 9.17) is 15.7 Å². The first-order valence-electron chi connectivity index (χ1n) is 5.94. The second kappa shape index (κ2) is 5.26. The fourth-order valence-electron chi connectivity index (χ4n) is 2.22. The topological polar surface area (TPSA) is 71.9 Å². The van der Waals surface area contributed by atoms with E-state index in [1.807, 2.05) is 12.1 Å². The van der Waals surface area contributed by atoms with Gasteiger partial charge in [0.25, 0.3) is 0 Å². The van der Waals surface area contributed by atoms with Gasteiger partial charge in [0.05, 0.1) is 13.2 Å². The van der Waals surface area contributed by atoms with Gasteiger partial charge in [0, 0.05) is 11.7 Å². The molecule has 0 radical (unpaired) electrons. The zero-order chi connectivity index (χ0) is 12.1. The van der Waals surface area contributed by atoms with Crippen LogP contribution in [-0.2, 0) is 11.3 Å². The van der Waals surface area contributed by atoms with E-state index in [2.05, 4.69) is 4.98 Å². The Morgan fingerprint density at radius 1 is 1.47 bits per heavy atom. The van der Waals surface area contributed by atoms with Crippen molar-refractivity contribution in [3.63, 3.8) is 0 Å². The number of ether oxygens (including phenoxy) is 1. The van der Waals surface area contributed by atoms with Crippen LogP contribution < -0.4 is 5.73 Å². The summed E-state index contributed by atoms with van der Waals surface area (Å²) in [6, 6.07) is 5.62. The lowest BCUT2D eigenvalue weighted by Crippen LogP contribution is -2.41. The van der Waals surface area contributed by atoms with E-state index in [0.717, 1.165) is 18.4 Å². The van der Waals surface area contributed by atoms with Gasteiger partial charge in [-0.2, -0.15) is 5.26 Å². The largest absolute Gasteiger partial charge is 0.375 e. The van der Waals surface area contributed by atoms with Crippen molar-refractivity contribution in [2.24, 2.45) is 5.73 Å². The van der Waals surface area contributed by atoms with Crippen LogP contribution in [0.2, 0.25) is 0 Å². The van der Waals surface area contributed by atoms with E-state index in [1.165, 1.54) is 12.8 Å². The van der Waals surface area contributed by atoms with Crippen LogP contribution in [0.25, 0.3) is 0 Å². The second-order valence-electron chi connectivity index (χ2n) is 4.72. The van der Waals surface area contributed by atoms with Crippen LogP contribution in [0.1, 0.15) is 36.9 Å². The molecule has 1 aliphatic rings. The molecule has 0 atom stereocenters. The summed E-state index contributed by atoms with van der Waals surface area (Å²) in [5, 5.41) is 8.73. The lowest BCUT2D eigenvalue weighted by molar-refractivity contribution is 0.0750. The average molecular weight is 231 g/mol. The fourth-order valence-corrected chi connectivity index (χ4v) is 2.22. The monoisotopic (exact) mass is 231 g/mol. The van der Waals surface area contributed by atoms with Gasteiger partial charge in [-0.1, -0.05) is 12.8 Å². The Kier molecular flexibility index (Phi) is 3.72. The number of pyridine rings is 1. The van der Waals surface area contributed by atoms with E-state index in [1.54, 1.807) is 12.3 Å². The van der Waals surface area contributed by atoms with E-state index in [-0.39, 0.29) is 5.54 Å². The Morgan fingerprint density at radius 3 is 2.94 bits per heavy atom. The van der Waals surface area contributed by atoms with Gasteiger partial charge in [0.15, 0.2) is 0 Å². The molecule has 0 saturated heterocycles. The fraction of sp³-hybridized carbons (Fsp3) is 0.538. The summed E-state index contributed by atoms with van der Waals surface area (Å²) >= 11 is 0. The smallest absolute Gasteiger partial charge is 0.140 e. The van der Waals surface area contributed by atoms with Gasteiger partial charge in [-0.25, -0.2) is 4.98 Å². The maximum atomic E-state index is 8.73. The van der Waals surface area contributed by atoms with Crippen molar-refractivity contribution in [3.8, 4) is 6.07 Å². The van der Waals surface area contributed by atoms with Gasteiger partial charge in [-0.15, -0.1) is 0 Å². The molecule has 17 heavy (non-hydrogen) atoms. The molecule has 0 amide bonds. The molecule has 0 spiro atoms. The number of rotatable bonds is 4. The first kappa shape index (κ1) is 12.0. The van der Waals surface area contributed by atoms with Crippen molar-refractivity contribution in [1.82, 2.24) is 4.98 Å². The van der Waals surface area contributed by atoms with Gasteiger partial charge in [0.1, 0.15) is 11.8 Å². The molecular weight excluding hydrogens is 214 g/mol. The van der Waals surface area contributed by atoms with Crippen LogP contribution in [0.5, 0.6) is 0 Å². The average Bonchev–Trinajstić information content (AvgIpc) is 2.77. The maximum absolute atomic E-state index is 8.73. The Balaban J connectivity index is 1.83. The van der Waals surface area contributed by atoms with Crippen LogP contribution in [0.4, 0.5) is 0 Å². The molecule has 1 saturated carbocycles. The molecule has 2 N–H and O–H groups in total. The molecule has 1 heterocycles. The molecular formula is C13H17N3O. The minimum Gasteiger partial charge on any atom is -0.375 e. The van der Waals surface area contributed by atoms with Crippen LogP contribution in [0.3, 0.4) is 0 Å². The van der Waals surface area contributed by atoms with Crippen LogP contribution in [0.15, 0.2) is 18.3 Å². The standard InChI is InChI=1S/C13H17N3O/c14-8-12-7-11(3-6-16-12)9-17-10-13(15)4-1-2-5-13/h3,6-7H,1-2,4-5,9-10,15H2. The van der Waals surface area contributed by atoms with Crippen molar-refractivity contribution >= 4 is 0 Å². The lowest BCUT2D eigenvalue weighted by atomic mass is 10.0. The minimum absolute atomic E-state index is 0.134. The zero-order valence-electron chi connectivity index (χ0n) is 9.85. The van der Waals surface area contributed by atoms with E-state index >= 15 is 0 Å². The molecule has 1 aromatic rings. The van der Waals surface area contributed by atoms with Crippen LogP contribution in [0, 0.1) is 11.3 Å². The maximum Gasteiger partial charge on any atom is 0.140 e. The zero-order valence-corrected chi connectivity index (χ0v) is 9.85. The van der Waals surface area contributed by atoms with E-state index < -0.39 is 0 Å². The van der Waals surface area contributed by atoms with Gasteiger partial charge < -0.3 is 10.5 Å². The molecule has 4 nitrogen and oxygen atoms in total. The Labute approximate surface area is 101 Å². The molecule has 2 rings (SSSR count). The number of nitrogens with two attached hydrogens (primary N) is 1. The molecule has 90 valence electrons. The van der Waals surface area contributed by atoms with Crippen molar-refractivity contribution in [2.45, 2.75) is 37.8 Å². The summed E-state index contributed by atoms with van der Waals surface area (Å²) < 4.78 is 5.64. The third-order valence-electron chi connectivity index (χ3n) is 3.20. The number of nitrogens with zero attached hydrogens (tertiary/aromatic N) is 2. The third-order valence-corrected chi connectivity index (χ3v) is 3.20. The molecule has 0 aromatic carbocycles. The number of aromatic nitrogens is 1. The summed E-state index contributed by atoms with van der Waals surface area (Å²) in [4.78, 5) is 3.92. The Hall–Kier alpha value is -1.44. The molecule has 0 bridgehead atoms. The molecule has 1 fully saturated rings. The number of nitriles is 1. The third kappa shape index (κ3) is 3.26. The highest BCUT2D eigenvalue weighted by Crippen LogP contribution is 2.27. The number of hydrogen-bond donors (Lipinski definition) is 1. The summed E-state index contributed by atoms with van der Waals surface area (Å²) in [6.45, 7) is 1.09. The van der Waals surface area contributed by atoms with Crippen molar-refractivity contribution < 1.29 is 4.74 Å². The highest BCUT2D eigenvalue weighted by molar-refractivity contribution is 5.24. The highest BCUT2D eigenvalue weighted by atomic mass is 16.5. The summed E-state index contributed by atoms with van der Waals surface area (Å²) in [5.41, 5.74) is 7.45. The predicted octanol–water partition coefficient (Wildman–Crippen LogP) is 1.74. The predicted molar refractivity (Wildman–Crippen MR) is 64.0 cm³/mol. The first-order valence-corrected chi connectivity index (χ1v) is 5.94. The summed E-state index contributed by atoms with van der Waals surface area (Å²) in [7, 11) is 0. The first-order chi connectivity index (χ1) is 8.22. The molecule has 1 aliphatic carbocycles. The van der Waals surface area contributed by atoms with Crippen LogP contribution >= 0.6 is 0 Å². The summed E-state index contributed by atoms with van der Waals surface area (Å²) in [5.74, 6) is 0. The van der Waals surface area contributed by atoms with E-state index in [0.29, 0.717) is 18.9 Å². The molecule has 1 aromatic heterocycles. The van der Waals surface area contributed by atoms with Gasteiger partial charge >= 0.3 is 0 Å². The minimum atomic E-state index is -0.134. The summed E-state index contributed by atoms with van der Waals surface area (Å²) in [6.07, 6.45) is 6.13. The Morgan fingerprint density at radius 2 is 2.24 bits per heavy atom. The van der Waals surface area contributed by atoms with Gasteiger partial charge in [-0.05, 0) is 30.5 Å². The SMILES string of the molecule is N#Cc1cc(COCC2(N)CCCC2)ccn1. The van der Waals surface area contributed by atoms with Crippen molar-refractivity contribution in [3.05, 3.63) is 29.6 Å². The number of hydrogen-bond acceptors (Lipinski definition) is 4. The van der Waals surface area contributed by atoms with Crippen molar-refractivity contribution in [1.29, 1.82) is 5.26 Å². The quantitative estimate of drug-likeness (QED) is 0.856. The lowest BCUT2D eigenvalue weighted by Gasteiger charge is -2.23. The normalized spacial score (nSPS) is 17.9. The molecule has 0 unspecified atom stereocenters. The Bertz CT molecular complexity index is 419. The molecule has 0 aliphatic heterocycles. The molecule has 4 heteroatoms. The van der Waals surface area contributed by atoms with Gasteiger partial charge in [-0.3, -0.25) is 0 Å². The van der Waals surface area contributed by atoms with Gasteiger partial charge in [0.2, 0.25) is 0 Å². The van der Waals surface area contributed by atoms with E-state index in [9.17, 15) is 0 Å². The van der Waals surface area contributed by atoms with Crippen molar-refractivity contribution in [2.75, 3.05) is 6.61 Å². The van der Waals surface area contributed by atoms with Crippen LogP contribution in [-0.4, -0.2) is 17.1 Å². The second-order valence-corrected chi connectivity index (χ2v) is 4.72.